The number of halogens is 5. The van der Waals surface area contributed by atoms with Crippen molar-refractivity contribution in [3.05, 3.63) is 101 Å². The molecule has 32 heavy (non-hydrogen) atoms. The third kappa shape index (κ3) is 6.00. The highest BCUT2D eigenvalue weighted by Crippen LogP contribution is 2.36. The first-order valence-electron chi connectivity index (χ1n) is 9.14. The maximum atomic E-state index is 13.5. The quantitative estimate of drug-likeness (QED) is 0.379. The number of amides is 2. The van der Waals surface area contributed by atoms with Crippen LogP contribution in [0.4, 0.5) is 33.3 Å². The van der Waals surface area contributed by atoms with Crippen molar-refractivity contribution in [3.8, 4) is 0 Å². The molecule has 9 heteroatoms. The minimum atomic E-state index is -4.83. The molecule has 0 atom stereocenters. The van der Waals surface area contributed by atoms with Gasteiger partial charge in [0.25, 0.3) is 5.91 Å². The van der Waals surface area contributed by atoms with Gasteiger partial charge in [-0.15, -0.1) is 0 Å². The van der Waals surface area contributed by atoms with Crippen LogP contribution in [0.2, 0.25) is 0 Å². The molecule has 0 fully saturated rings. The molecule has 0 spiro atoms. The van der Waals surface area contributed by atoms with Crippen molar-refractivity contribution in [2.75, 3.05) is 10.6 Å². The van der Waals surface area contributed by atoms with Crippen molar-refractivity contribution in [2.24, 2.45) is 0 Å². The number of alkyl halides is 3. The maximum Gasteiger partial charge on any atom is 0.418 e. The first-order chi connectivity index (χ1) is 15.1. The van der Waals surface area contributed by atoms with Crippen LogP contribution in [0.5, 0.6) is 0 Å². The number of hydrogen-bond acceptors (Lipinski definition) is 2. The SMILES string of the molecule is O=C(/C=C/c1cccc(F)c1)Nc1ccc(NC(=O)c2ccc(F)cc2)cc1C(F)(F)F. The highest BCUT2D eigenvalue weighted by Gasteiger charge is 2.34. The predicted molar refractivity (Wildman–Crippen MR) is 110 cm³/mol. The average Bonchev–Trinajstić information content (AvgIpc) is 2.73. The minimum absolute atomic E-state index is 0.0554. The first-order valence-corrected chi connectivity index (χ1v) is 9.14. The number of benzene rings is 3. The standard InChI is InChI=1S/C23H15F5N2O2/c24-16-7-5-15(6-8-16)22(32)29-18-9-10-20(19(13-18)23(26,27)28)30-21(31)11-4-14-2-1-3-17(25)12-14/h1-13H,(H,29,32)(H,30,31)/b11-4+. The van der Waals surface area contributed by atoms with E-state index in [4.69, 9.17) is 0 Å². The number of carbonyl (C=O) groups excluding carboxylic acids is 2. The van der Waals surface area contributed by atoms with Crippen molar-refractivity contribution < 1.29 is 31.5 Å². The Morgan fingerprint density at radius 3 is 2.19 bits per heavy atom. The number of rotatable bonds is 5. The van der Waals surface area contributed by atoms with Gasteiger partial charge >= 0.3 is 6.18 Å². The van der Waals surface area contributed by atoms with E-state index in [1.165, 1.54) is 42.5 Å². The van der Waals surface area contributed by atoms with E-state index in [-0.39, 0.29) is 11.3 Å². The summed E-state index contributed by atoms with van der Waals surface area (Å²) < 4.78 is 66.7. The van der Waals surface area contributed by atoms with Crippen molar-refractivity contribution in [3.63, 3.8) is 0 Å². The molecule has 2 amide bonds. The molecule has 0 unspecified atom stereocenters. The average molecular weight is 446 g/mol. The second-order valence-electron chi connectivity index (χ2n) is 6.60. The predicted octanol–water partition coefficient (Wildman–Crippen LogP) is 5.89. The number of carbonyl (C=O) groups is 2. The van der Waals surface area contributed by atoms with Crippen molar-refractivity contribution in [1.82, 2.24) is 0 Å². The molecule has 164 valence electrons. The zero-order chi connectivity index (χ0) is 23.3. The summed E-state index contributed by atoms with van der Waals surface area (Å²) in [4.78, 5) is 24.2. The normalized spacial score (nSPS) is 11.4. The van der Waals surface area contributed by atoms with E-state index < -0.39 is 40.9 Å². The van der Waals surface area contributed by atoms with Crippen LogP contribution in [0.15, 0.2) is 72.8 Å². The molecule has 0 radical (unpaired) electrons. The molecule has 0 aromatic heterocycles. The molecule has 3 aromatic carbocycles. The molecule has 4 nitrogen and oxygen atoms in total. The van der Waals surface area contributed by atoms with E-state index in [1.807, 2.05) is 0 Å². The Labute approximate surface area is 179 Å². The Bertz CT molecular complexity index is 1170. The summed E-state index contributed by atoms with van der Waals surface area (Å²) in [5.74, 6) is -2.67. The highest BCUT2D eigenvalue weighted by atomic mass is 19.4. The van der Waals surface area contributed by atoms with Gasteiger partial charge in [-0.05, 0) is 66.2 Å². The Hall–Kier alpha value is -4.01. The van der Waals surface area contributed by atoms with Gasteiger partial charge in [0.1, 0.15) is 11.6 Å². The third-order valence-corrected chi connectivity index (χ3v) is 4.22. The van der Waals surface area contributed by atoms with E-state index in [1.54, 1.807) is 0 Å². The van der Waals surface area contributed by atoms with E-state index in [0.29, 0.717) is 11.6 Å². The fourth-order valence-electron chi connectivity index (χ4n) is 2.73. The van der Waals surface area contributed by atoms with Crippen LogP contribution < -0.4 is 10.6 Å². The van der Waals surface area contributed by atoms with E-state index in [9.17, 15) is 31.5 Å². The fraction of sp³-hybridized carbons (Fsp3) is 0.0435. The van der Waals surface area contributed by atoms with E-state index >= 15 is 0 Å². The first kappa shape index (κ1) is 22.7. The summed E-state index contributed by atoms with van der Waals surface area (Å²) in [6, 6.07) is 12.6. The van der Waals surface area contributed by atoms with Gasteiger partial charge < -0.3 is 10.6 Å². The lowest BCUT2D eigenvalue weighted by Gasteiger charge is -2.15. The lowest BCUT2D eigenvalue weighted by Crippen LogP contribution is -2.17. The number of nitrogens with one attached hydrogen (secondary N) is 2. The Morgan fingerprint density at radius 1 is 0.812 bits per heavy atom. The van der Waals surface area contributed by atoms with Gasteiger partial charge in [0.2, 0.25) is 5.91 Å². The zero-order valence-electron chi connectivity index (χ0n) is 16.2. The molecule has 0 saturated heterocycles. The summed E-state index contributed by atoms with van der Waals surface area (Å²) >= 11 is 0. The van der Waals surface area contributed by atoms with Crippen LogP contribution >= 0.6 is 0 Å². The smallest absolute Gasteiger partial charge is 0.322 e. The Balaban J connectivity index is 1.78. The molecular formula is C23H15F5N2O2. The zero-order valence-corrected chi connectivity index (χ0v) is 16.2. The molecule has 0 saturated carbocycles. The van der Waals surface area contributed by atoms with Gasteiger partial charge in [-0.1, -0.05) is 12.1 Å². The Kier molecular flexibility index (Phi) is 6.67. The molecule has 3 rings (SSSR count). The number of anilines is 2. The maximum absolute atomic E-state index is 13.5. The molecule has 2 N–H and O–H groups in total. The summed E-state index contributed by atoms with van der Waals surface area (Å²) in [5.41, 5.74) is -1.46. The second-order valence-corrected chi connectivity index (χ2v) is 6.60. The van der Waals surface area contributed by atoms with E-state index in [0.717, 1.165) is 30.3 Å². The summed E-state index contributed by atoms with van der Waals surface area (Å²) in [6.07, 6.45) is -2.60. The van der Waals surface area contributed by atoms with Gasteiger partial charge in [-0.2, -0.15) is 13.2 Å². The van der Waals surface area contributed by atoms with Crippen LogP contribution in [-0.2, 0) is 11.0 Å². The van der Waals surface area contributed by atoms with Gasteiger partial charge in [-0.25, -0.2) is 8.78 Å². The molecule has 0 bridgehead atoms. The third-order valence-electron chi connectivity index (χ3n) is 4.22. The van der Waals surface area contributed by atoms with E-state index in [2.05, 4.69) is 10.6 Å². The summed E-state index contributed by atoms with van der Waals surface area (Å²) in [5, 5.41) is 4.43. The number of hydrogen-bond donors (Lipinski definition) is 2. The van der Waals surface area contributed by atoms with Crippen LogP contribution in [0, 0.1) is 11.6 Å². The van der Waals surface area contributed by atoms with Crippen molar-refractivity contribution in [2.45, 2.75) is 6.18 Å². The topological polar surface area (TPSA) is 58.2 Å². The lowest BCUT2D eigenvalue weighted by atomic mass is 10.1. The molecule has 3 aromatic rings. The summed E-state index contributed by atoms with van der Waals surface area (Å²) in [7, 11) is 0. The monoisotopic (exact) mass is 446 g/mol. The van der Waals surface area contributed by atoms with Crippen molar-refractivity contribution >= 4 is 29.3 Å². The van der Waals surface area contributed by atoms with Crippen LogP contribution in [0.3, 0.4) is 0 Å². The summed E-state index contributed by atoms with van der Waals surface area (Å²) in [6.45, 7) is 0. The van der Waals surface area contributed by atoms with Gasteiger partial charge in [0.15, 0.2) is 0 Å². The minimum Gasteiger partial charge on any atom is -0.322 e. The van der Waals surface area contributed by atoms with Gasteiger partial charge in [-0.3, -0.25) is 9.59 Å². The molecule has 0 aliphatic rings. The molecule has 0 aliphatic carbocycles. The second kappa shape index (κ2) is 9.42. The van der Waals surface area contributed by atoms with Crippen LogP contribution in [-0.4, -0.2) is 11.8 Å². The van der Waals surface area contributed by atoms with Crippen LogP contribution in [0.25, 0.3) is 6.08 Å². The van der Waals surface area contributed by atoms with Gasteiger partial charge in [0, 0.05) is 17.3 Å². The molecular weight excluding hydrogens is 431 g/mol. The molecule has 0 aliphatic heterocycles. The van der Waals surface area contributed by atoms with Gasteiger partial charge in [0.05, 0.1) is 11.3 Å². The fourth-order valence-corrected chi connectivity index (χ4v) is 2.73. The lowest BCUT2D eigenvalue weighted by molar-refractivity contribution is -0.136. The van der Waals surface area contributed by atoms with Crippen molar-refractivity contribution in [1.29, 1.82) is 0 Å². The Morgan fingerprint density at radius 2 is 1.53 bits per heavy atom. The molecule has 0 heterocycles. The highest BCUT2D eigenvalue weighted by molar-refractivity contribution is 6.05. The largest absolute Gasteiger partial charge is 0.418 e. The van der Waals surface area contributed by atoms with Crippen LogP contribution in [0.1, 0.15) is 21.5 Å².